The third-order valence-electron chi connectivity index (χ3n) is 13.4. The van der Waals surface area contributed by atoms with E-state index in [-0.39, 0.29) is 48.7 Å². The molecule has 6 rings (SSSR count). The number of benzene rings is 2. The van der Waals surface area contributed by atoms with Gasteiger partial charge in [0.15, 0.2) is 5.41 Å². The number of carbonyl (C=O) groups excluding carboxylic acids is 7. The van der Waals surface area contributed by atoms with E-state index < -0.39 is 120 Å². The smallest absolute Gasteiger partial charge is 0.354 e. The number of amides is 7. The quantitative estimate of drug-likeness (QED) is 0.215. The lowest BCUT2D eigenvalue weighted by molar-refractivity contribution is -0.299. The Morgan fingerprint density at radius 3 is 2.24 bits per heavy atom. The number of rotatable bonds is 10. The molecule has 2 aliphatic carbocycles. The Morgan fingerprint density at radius 1 is 0.956 bits per heavy atom. The molecule has 14 nitrogen and oxygen atoms in total. The van der Waals surface area contributed by atoms with Crippen molar-refractivity contribution in [1.29, 1.82) is 0 Å². The number of fused-ring (bicyclic) bond motifs is 1. The highest BCUT2D eigenvalue weighted by atomic mass is 35.5. The highest BCUT2D eigenvalue weighted by Crippen LogP contribution is 2.62. The maximum atomic E-state index is 14.7. The number of hydrogen-bond acceptors (Lipinski definition) is 7. The fourth-order valence-electron chi connectivity index (χ4n) is 9.36. The summed E-state index contributed by atoms with van der Waals surface area (Å²) in [4.78, 5) is 103. The van der Waals surface area contributed by atoms with Crippen molar-refractivity contribution in [2.75, 3.05) is 20.6 Å². The largest absolute Gasteiger partial charge is 0.403 e. The first-order valence-corrected chi connectivity index (χ1v) is 23.5. The molecule has 1 saturated heterocycles. The van der Waals surface area contributed by atoms with Crippen LogP contribution in [0.5, 0.6) is 0 Å². The summed E-state index contributed by atoms with van der Waals surface area (Å²) in [6, 6.07) is 3.91. The summed E-state index contributed by atoms with van der Waals surface area (Å²) in [7, 11) is 2.74. The lowest BCUT2D eigenvalue weighted by Gasteiger charge is -2.48. The molecule has 2 aromatic carbocycles. The van der Waals surface area contributed by atoms with E-state index >= 15 is 0 Å². The van der Waals surface area contributed by atoms with E-state index in [0.29, 0.717) is 40.3 Å². The Labute approximate surface area is 401 Å². The minimum atomic E-state index is -5.35. The molecule has 21 heteroatoms. The average molecular weight is 999 g/mol. The van der Waals surface area contributed by atoms with Crippen LogP contribution in [0.1, 0.15) is 102 Å². The zero-order valence-electron chi connectivity index (χ0n) is 38.7. The van der Waals surface area contributed by atoms with Gasteiger partial charge in [0.25, 0.3) is 5.92 Å². The van der Waals surface area contributed by atoms with E-state index in [2.05, 4.69) is 21.3 Å². The summed E-state index contributed by atoms with van der Waals surface area (Å²) in [6.07, 6.45) is -7.38. The van der Waals surface area contributed by atoms with Crippen LogP contribution in [0.4, 0.5) is 22.0 Å². The second kappa shape index (κ2) is 20.1. The molecule has 7 amide bonds. The SMILES string of the molecule is CC(C)C[C@@H]1NC(=O)[C@@H](N(C)C(=O)[C@@H](NC(=O)[C@H]2c3ccccc3CN2C(=O)C2(C(F)(F)F)CC(F)(F)C2)C2CC2)CCCCNC(=O)C(C)(C)NC(=O)[C@H](Cc2cc(Cl)ccc2Cl)N(C)C1=O. The van der Waals surface area contributed by atoms with Crippen LogP contribution in [0.15, 0.2) is 42.5 Å². The molecule has 0 bridgehead atoms. The minimum absolute atomic E-state index is 0.0200. The van der Waals surface area contributed by atoms with Gasteiger partial charge in [0.1, 0.15) is 35.7 Å². The lowest BCUT2D eigenvalue weighted by atomic mass is 9.64. The second-order valence-electron chi connectivity index (χ2n) is 19.6. The minimum Gasteiger partial charge on any atom is -0.354 e. The number of likely N-dealkylation sites (N-methyl/N-ethyl adjacent to an activating group) is 2. The van der Waals surface area contributed by atoms with Crippen molar-refractivity contribution in [1.82, 2.24) is 36.0 Å². The number of nitrogens with zero attached hydrogens (tertiary/aromatic N) is 3. The van der Waals surface area contributed by atoms with Gasteiger partial charge in [-0.05, 0) is 99.1 Å². The molecule has 4 N–H and O–H groups in total. The zero-order chi connectivity index (χ0) is 50.3. The van der Waals surface area contributed by atoms with Gasteiger partial charge >= 0.3 is 6.18 Å². The maximum Gasteiger partial charge on any atom is 0.403 e. The topological polar surface area (TPSA) is 177 Å². The molecule has 2 aliphatic heterocycles. The predicted octanol–water partition coefficient (Wildman–Crippen LogP) is 5.87. The highest BCUT2D eigenvalue weighted by molar-refractivity contribution is 6.33. The lowest BCUT2D eigenvalue weighted by Crippen LogP contribution is -2.63. The van der Waals surface area contributed by atoms with Crippen LogP contribution < -0.4 is 21.3 Å². The summed E-state index contributed by atoms with van der Waals surface area (Å²) in [5, 5.41) is 11.6. The molecule has 0 aromatic heterocycles. The third-order valence-corrected chi connectivity index (χ3v) is 14.0. The van der Waals surface area contributed by atoms with Crippen LogP contribution >= 0.6 is 23.2 Å². The molecule has 0 radical (unpaired) electrons. The van der Waals surface area contributed by atoms with Gasteiger partial charge < -0.3 is 36.0 Å². The summed E-state index contributed by atoms with van der Waals surface area (Å²) >= 11 is 12.8. The zero-order valence-corrected chi connectivity index (χ0v) is 40.2. The van der Waals surface area contributed by atoms with Crippen molar-refractivity contribution in [3.8, 4) is 0 Å². The van der Waals surface area contributed by atoms with Crippen LogP contribution in [0, 0.1) is 17.3 Å². The molecular weight excluding hydrogens is 940 g/mol. The first-order chi connectivity index (χ1) is 31.7. The van der Waals surface area contributed by atoms with Gasteiger partial charge in [-0.3, -0.25) is 33.6 Å². The monoisotopic (exact) mass is 997 g/mol. The van der Waals surface area contributed by atoms with E-state index in [1.165, 1.54) is 51.0 Å². The molecule has 4 aliphatic rings. The number of alkyl halides is 5. The Hall–Kier alpha value is -5.04. The summed E-state index contributed by atoms with van der Waals surface area (Å²) < 4.78 is 71.8. The van der Waals surface area contributed by atoms with Gasteiger partial charge in [-0.1, -0.05) is 61.3 Å². The van der Waals surface area contributed by atoms with Gasteiger partial charge in [-0.2, -0.15) is 13.2 Å². The molecule has 2 heterocycles. The van der Waals surface area contributed by atoms with Crippen LogP contribution in [-0.4, -0.2) is 118 Å². The van der Waals surface area contributed by atoms with Gasteiger partial charge in [0.05, 0.1) is 0 Å². The molecule has 3 fully saturated rings. The summed E-state index contributed by atoms with van der Waals surface area (Å²) in [5.41, 5.74) is -3.93. The first-order valence-electron chi connectivity index (χ1n) is 22.7. The Kier molecular flexibility index (Phi) is 15.5. The normalized spacial score (nSPS) is 24.8. The van der Waals surface area contributed by atoms with Crippen molar-refractivity contribution >= 4 is 64.6 Å². The molecule has 0 spiro atoms. The molecular formula is C47H58Cl2F5N7O7. The Morgan fingerprint density at radius 2 is 1.62 bits per heavy atom. The van der Waals surface area contributed by atoms with E-state index in [1.54, 1.807) is 24.3 Å². The predicted molar refractivity (Wildman–Crippen MR) is 241 cm³/mol. The van der Waals surface area contributed by atoms with E-state index in [9.17, 15) is 55.5 Å². The molecule has 372 valence electrons. The van der Waals surface area contributed by atoms with Crippen molar-refractivity contribution in [2.24, 2.45) is 17.3 Å². The van der Waals surface area contributed by atoms with Gasteiger partial charge in [0.2, 0.25) is 41.4 Å². The number of nitrogens with one attached hydrogen (secondary N) is 4. The van der Waals surface area contributed by atoms with Gasteiger partial charge in [-0.25, -0.2) is 8.78 Å². The van der Waals surface area contributed by atoms with E-state index in [0.717, 1.165) is 4.90 Å². The van der Waals surface area contributed by atoms with Gasteiger partial charge in [0, 0.05) is 56.5 Å². The molecule has 2 saturated carbocycles. The third kappa shape index (κ3) is 11.2. The highest BCUT2D eigenvalue weighted by Gasteiger charge is 2.75. The summed E-state index contributed by atoms with van der Waals surface area (Å²) in [6.45, 7) is 6.33. The number of halogens is 7. The van der Waals surface area contributed by atoms with Crippen molar-refractivity contribution in [3.05, 3.63) is 69.2 Å². The van der Waals surface area contributed by atoms with Crippen molar-refractivity contribution < 1.29 is 55.5 Å². The molecule has 5 atom stereocenters. The van der Waals surface area contributed by atoms with E-state index in [4.69, 9.17) is 23.2 Å². The van der Waals surface area contributed by atoms with Crippen LogP contribution in [0.2, 0.25) is 10.0 Å². The summed E-state index contributed by atoms with van der Waals surface area (Å²) in [5.74, 6) is -10.4. The van der Waals surface area contributed by atoms with Crippen LogP contribution in [-0.2, 0) is 46.5 Å². The number of hydrogen-bond donors (Lipinski definition) is 4. The average Bonchev–Trinajstić information content (AvgIpc) is 4.02. The van der Waals surface area contributed by atoms with E-state index in [1.807, 2.05) is 13.8 Å². The molecule has 0 unspecified atom stereocenters. The second-order valence-corrected chi connectivity index (χ2v) is 20.4. The van der Waals surface area contributed by atoms with Crippen LogP contribution in [0.3, 0.4) is 0 Å². The molecule has 2 aromatic rings. The van der Waals surface area contributed by atoms with Crippen molar-refractivity contribution in [3.63, 3.8) is 0 Å². The maximum absolute atomic E-state index is 14.7. The fraction of sp³-hybridized carbons (Fsp3) is 0.596. The Balaban J connectivity index is 1.29. The standard InChI is InChI=1S/C47H58Cl2F5N7O7/c1-25(2)19-32-40(65)60(6)34(21-28-20-29(48)16-17-31(28)49)38(63)58-44(3,4)42(67)55-18-10-9-13-33(37(62)56-32)59(5)41(66)35(26-14-15-26)57-39(64)36-30-12-8-7-11-27(30)22-61(36)43(68)45(47(52,53)54)23-46(50,51)24-45/h7-8,11-12,16-17,20,25-26,32-36H,9-10,13-15,18-19,21-24H2,1-6H3,(H,55,67)(H,56,62)(H,57,64)(H,58,63)/t32-,33-,34-,35-,36+/m0/s1. The van der Waals surface area contributed by atoms with Gasteiger partial charge in [-0.15, -0.1) is 0 Å². The fourth-order valence-corrected chi connectivity index (χ4v) is 9.75. The van der Waals surface area contributed by atoms with Crippen LogP contribution in [0.25, 0.3) is 0 Å². The molecule has 68 heavy (non-hydrogen) atoms. The van der Waals surface area contributed by atoms with Crippen molar-refractivity contribution in [2.45, 2.75) is 140 Å². The first kappa shape index (κ1) is 52.3. The number of carbonyl (C=O) groups is 7. The Bertz CT molecular complexity index is 2300.